The molecule has 0 aromatic heterocycles. The van der Waals surface area contributed by atoms with E-state index in [1.807, 2.05) is 49.4 Å². The van der Waals surface area contributed by atoms with Crippen LogP contribution in [-0.2, 0) is 16.0 Å². The number of hydrogen-bond donors (Lipinski definition) is 1. The van der Waals surface area contributed by atoms with Crippen LogP contribution in [0.3, 0.4) is 0 Å². The molecule has 6 heteroatoms. The lowest BCUT2D eigenvalue weighted by atomic mass is 9.95. The number of benzene rings is 2. The van der Waals surface area contributed by atoms with Gasteiger partial charge in [-0.05, 0) is 74.9 Å². The summed E-state index contributed by atoms with van der Waals surface area (Å²) in [4.78, 5) is 16.8. The molecule has 6 nitrogen and oxygen atoms in total. The van der Waals surface area contributed by atoms with Gasteiger partial charge in [0.1, 0.15) is 23.9 Å². The summed E-state index contributed by atoms with van der Waals surface area (Å²) in [6.07, 6.45) is 7.85. The van der Waals surface area contributed by atoms with Crippen molar-refractivity contribution in [1.29, 1.82) is 0 Å². The van der Waals surface area contributed by atoms with Crippen LogP contribution in [0.25, 0.3) is 0 Å². The Bertz CT molecular complexity index is 1120. The van der Waals surface area contributed by atoms with E-state index in [0.29, 0.717) is 25.4 Å². The lowest BCUT2D eigenvalue weighted by Gasteiger charge is -2.26. The van der Waals surface area contributed by atoms with Gasteiger partial charge in [-0.3, -0.25) is 4.99 Å². The fourth-order valence-electron chi connectivity index (χ4n) is 4.29. The van der Waals surface area contributed by atoms with Gasteiger partial charge < -0.3 is 19.3 Å². The molecule has 1 unspecified atom stereocenters. The zero-order valence-corrected chi connectivity index (χ0v) is 20.5. The van der Waals surface area contributed by atoms with Crippen molar-refractivity contribution in [1.82, 2.24) is 0 Å². The molecule has 0 saturated heterocycles. The van der Waals surface area contributed by atoms with E-state index in [-0.39, 0.29) is 6.42 Å². The predicted molar refractivity (Wildman–Crippen MR) is 136 cm³/mol. The van der Waals surface area contributed by atoms with Crippen molar-refractivity contribution in [2.75, 3.05) is 13.2 Å². The molecule has 1 heterocycles. The first kappa shape index (κ1) is 24.6. The van der Waals surface area contributed by atoms with Gasteiger partial charge in [-0.15, -0.1) is 0 Å². The zero-order valence-electron chi connectivity index (χ0n) is 20.5. The third kappa shape index (κ3) is 6.53. The Morgan fingerprint density at radius 1 is 1.09 bits per heavy atom. The van der Waals surface area contributed by atoms with Gasteiger partial charge in [-0.1, -0.05) is 36.4 Å². The second-order valence-electron chi connectivity index (χ2n) is 9.20. The number of ether oxygens (including phenoxy) is 3. The Labute approximate surface area is 206 Å². The molecule has 1 atom stereocenters. The summed E-state index contributed by atoms with van der Waals surface area (Å²) in [6, 6.07) is 16.5. The number of hydrogen-bond acceptors (Lipinski definition) is 5. The van der Waals surface area contributed by atoms with Gasteiger partial charge in [-0.25, -0.2) is 4.79 Å². The zero-order chi connectivity index (χ0) is 24.7. The van der Waals surface area contributed by atoms with Gasteiger partial charge in [0.05, 0.1) is 18.0 Å². The van der Waals surface area contributed by atoms with Crippen molar-refractivity contribution >= 4 is 11.7 Å². The molecule has 0 spiro atoms. The number of nitrogens with zero attached hydrogens (tertiary/aromatic N) is 1. The van der Waals surface area contributed by atoms with Crippen molar-refractivity contribution in [2.45, 2.75) is 58.0 Å². The van der Waals surface area contributed by atoms with Gasteiger partial charge in [0.25, 0.3) is 0 Å². The van der Waals surface area contributed by atoms with E-state index >= 15 is 0 Å². The molecular weight excluding hydrogens is 442 g/mol. The summed E-state index contributed by atoms with van der Waals surface area (Å²) in [6.45, 7) is 4.58. The lowest BCUT2D eigenvalue weighted by Crippen LogP contribution is -2.43. The monoisotopic (exact) mass is 475 g/mol. The quantitative estimate of drug-likeness (QED) is 0.448. The summed E-state index contributed by atoms with van der Waals surface area (Å²) < 4.78 is 17.6. The molecule has 0 saturated carbocycles. The number of aliphatic imine (C=N–C) groups is 1. The first-order chi connectivity index (χ1) is 16.9. The number of rotatable bonds is 10. The number of carboxylic acid groups (broad SMARTS) is 1. The summed E-state index contributed by atoms with van der Waals surface area (Å²) in [5.41, 5.74) is 2.78. The van der Waals surface area contributed by atoms with Gasteiger partial charge in [0, 0.05) is 12.8 Å². The standard InChI is InChI=1S/C29H33NO5/c1-21-26(30-27(20-34-21)23-9-5-3-6-10-23)17-18-33-24-15-13-22(14-16-24)19-29(2,28(31)32)35-25-11-7-4-8-12-25/h4,7-9,11-16H,3,5-6,10,17-20H2,1-2H3,(H,31,32). The summed E-state index contributed by atoms with van der Waals surface area (Å²) in [5, 5.41) is 9.79. The number of allylic oxidation sites excluding steroid dienone is 2. The molecule has 0 radical (unpaired) electrons. The first-order valence-electron chi connectivity index (χ1n) is 12.2. The predicted octanol–water partition coefficient (Wildman–Crippen LogP) is 6.12. The van der Waals surface area contributed by atoms with Crippen LogP contribution in [0.4, 0.5) is 0 Å². The fourth-order valence-corrected chi connectivity index (χ4v) is 4.29. The van der Waals surface area contributed by atoms with Gasteiger partial charge >= 0.3 is 5.97 Å². The van der Waals surface area contributed by atoms with Crippen LogP contribution in [0.5, 0.6) is 11.5 Å². The molecule has 2 aliphatic rings. The van der Waals surface area contributed by atoms with Crippen LogP contribution in [0.15, 0.2) is 82.7 Å². The maximum Gasteiger partial charge on any atom is 0.348 e. The molecule has 0 bridgehead atoms. The number of carboxylic acids is 1. The topological polar surface area (TPSA) is 77.4 Å². The van der Waals surface area contributed by atoms with Gasteiger partial charge in [-0.2, -0.15) is 0 Å². The summed E-state index contributed by atoms with van der Waals surface area (Å²) in [7, 11) is 0. The van der Waals surface area contributed by atoms with Crippen LogP contribution >= 0.6 is 0 Å². The maximum absolute atomic E-state index is 12.0. The Balaban J connectivity index is 1.33. The molecule has 1 N–H and O–H groups in total. The highest BCUT2D eigenvalue weighted by atomic mass is 16.5. The normalized spacial score (nSPS) is 17.5. The van der Waals surface area contributed by atoms with Crippen molar-refractivity contribution in [3.8, 4) is 11.5 Å². The van der Waals surface area contributed by atoms with Crippen molar-refractivity contribution in [3.63, 3.8) is 0 Å². The van der Waals surface area contributed by atoms with Crippen molar-refractivity contribution in [3.05, 3.63) is 83.3 Å². The van der Waals surface area contributed by atoms with Crippen LogP contribution in [-0.4, -0.2) is 35.6 Å². The third-order valence-corrected chi connectivity index (χ3v) is 6.37. The highest BCUT2D eigenvalue weighted by Gasteiger charge is 2.36. The average molecular weight is 476 g/mol. The average Bonchev–Trinajstić information content (AvgIpc) is 2.87. The molecule has 184 valence electrons. The van der Waals surface area contributed by atoms with Crippen LogP contribution in [0.1, 0.15) is 51.5 Å². The number of aliphatic carboxylic acids is 1. The molecule has 2 aromatic carbocycles. The minimum absolute atomic E-state index is 0.230. The smallest absolute Gasteiger partial charge is 0.348 e. The van der Waals surface area contributed by atoms with Crippen molar-refractivity contribution < 1.29 is 24.1 Å². The molecule has 1 aliphatic carbocycles. The van der Waals surface area contributed by atoms with E-state index in [1.165, 1.54) is 18.4 Å². The van der Waals surface area contributed by atoms with E-state index in [2.05, 4.69) is 6.08 Å². The van der Waals surface area contributed by atoms with E-state index in [0.717, 1.165) is 41.3 Å². The Morgan fingerprint density at radius 2 is 1.86 bits per heavy atom. The number of carbonyl (C=O) groups is 1. The van der Waals surface area contributed by atoms with E-state index in [1.54, 1.807) is 19.1 Å². The third-order valence-electron chi connectivity index (χ3n) is 6.37. The summed E-state index contributed by atoms with van der Waals surface area (Å²) >= 11 is 0. The SMILES string of the molecule is CC1=C(CCOc2ccc(CC(C)(Oc3ccccc3)C(=O)O)cc2)N=C(C2=CCCCC2)CO1. The molecular formula is C29H33NO5. The molecule has 2 aromatic rings. The highest BCUT2D eigenvalue weighted by molar-refractivity contribution is 6.02. The van der Waals surface area contributed by atoms with E-state index < -0.39 is 11.6 Å². The van der Waals surface area contributed by atoms with E-state index in [4.69, 9.17) is 19.2 Å². The molecule has 4 rings (SSSR count). The fraction of sp³-hybridized carbons (Fsp3) is 0.379. The molecule has 35 heavy (non-hydrogen) atoms. The lowest BCUT2D eigenvalue weighted by molar-refractivity contribution is -0.153. The van der Waals surface area contributed by atoms with Gasteiger partial charge in [0.15, 0.2) is 0 Å². The van der Waals surface area contributed by atoms with Crippen LogP contribution < -0.4 is 9.47 Å². The first-order valence-corrected chi connectivity index (χ1v) is 12.2. The highest BCUT2D eigenvalue weighted by Crippen LogP contribution is 2.26. The second kappa shape index (κ2) is 11.3. The maximum atomic E-state index is 12.0. The van der Waals surface area contributed by atoms with Crippen LogP contribution in [0.2, 0.25) is 0 Å². The number of para-hydroxylation sites is 1. The largest absolute Gasteiger partial charge is 0.493 e. The molecule has 0 amide bonds. The minimum atomic E-state index is -1.38. The Hall–Kier alpha value is -3.54. The van der Waals surface area contributed by atoms with E-state index in [9.17, 15) is 9.90 Å². The van der Waals surface area contributed by atoms with Crippen LogP contribution in [0, 0.1) is 0 Å². The molecule has 0 fully saturated rings. The van der Waals surface area contributed by atoms with Crippen molar-refractivity contribution in [2.24, 2.45) is 4.99 Å². The summed E-state index contributed by atoms with van der Waals surface area (Å²) in [5.74, 6) is 1.10. The second-order valence-corrected chi connectivity index (χ2v) is 9.20. The minimum Gasteiger partial charge on any atom is -0.493 e. The Kier molecular flexibility index (Phi) is 7.91. The Morgan fingerprint density at radius 3 is 2.54 bits per heavy atom. The van der Waals surface area contributed by atoms with Gasteiger partial charge in [0.2, 0.25) is 5.60 Å². The molecule has 1 aliphatic heterocycles.